The molecule has 0 aliphatic carbocycles. The predicted octanol–water partition coefficient (Wildman–Crippen LogP) is 1.36. The number of anilines is 1. The van der Waals surface area contributed by atoms with Crippen LogP contribution in [0.4, 0.5) is 6.01 Å². The summed E-state index contributed by atoms with van der Waals surface area (Å²) >= 11 is 0. The van der Waals surface area contributed by atoms with Crippen LogP contribution in [0.25, 0.3) is 22.4 Å². The van der Waals surface area contributed by atoms with Crippen molar-refractivity contribution in [3.8, 4) is 11.3 Å². The van der Waals surface area contributed by atoms with Gasteiger partial charge < -0.3 is 15.3 Å². The molecule has 0 fully saturated rings. The fraction of sp³-hybridized carbons (Fsp3) is 0.0833. The second-order valence-electron chi connectivity index (χ2n) is 4.03. The number of benzene rings is 1. The molecule has 3 N–H and O–H groups in total. The first-order valence-electron chi connectivity index (χ1n) is 5.53. The van der Waals surface area contributed by atoms with Crippen LogP contribution in [0.15, 0.2) is 34.9 Å². The molecule has 0 atom stereocenters. The number of oxazole rings is 1. The maximum Gasteiger partial charge on any atom is 0.325 e. The summed E-state index contributed by atoms with van der Waals surface area (Å²) < 4.78 is 6.60. The van der Waals surface area contributed by atoms with Gasteiger partial charge in [-0.3, -0.25) is 9.48 Å². The van der Waals surface area contributed by atoms with Gasteiger partial charge in [-0.1, -0.05) is 6.07 Å². The molecule has 19 heavy (non-hydrogen) atoms. The molecule has 0 aliphatic heterocycles. The van der Waals surface area contributed by atoms with Gasteiger partial charge in [0.05, 0.1) is 5.69 Å². The molecule has 0 radical (unpaired) electrons. The number of nitrogen functional groups attached to an aromatic ring is 1. The number of carboxylic acids is 1. The highest BCUT2D eigenvalue weighted by Gasteiger charge is 2.08. The highest BCUT2D eigenvalue weighted by Crippen LogP contribution is 2.24. The van der Waals surface area contributed by atoms with Gasteiger partial charge in [0, 0.05) is 11.8 Å². The van der Waals surface area contributed by atoms with E-state index in [2.05, 4.69) is 10.1 Å². The van der Waals surface area contributed by atoms with Gasteiger partial charge in [-0.15, -0.1) is 0 Å². The number of carboxylic acid groups (broad SMARTS) is 1. The molecule has 7 heteroatoms. The third-order valence-corrected chi connectivity index (χ3v) is 2.64. The average molecular weight is 258 g/mol. The molecule has 1 aromatic carbocycles. The lowest BCUT2D eigenvalue weighted by Crippen LogP contribution is -2.08. The van der Waals surface area contributed by atoms with E-state index in [1.54, 1.807) is 24.4 Å². The standard InChI is InChI=1S/C12H10N4O3/c13-12-14-9-2-1-7(5-10(9)19-12)8-3-4-16(15-8)6-11(17)18/h1-5H,6H2,(H2,13,14)(H,17,18). The SMILES string of the molecule is Nc1nc2ccc(-c3ccn(CC(=O)O)n3)cc2o1. The molecule has 0 unspecified atom stereocenters. The van der Waals surface area contributed by atoms with Crippen molar-refractivity contribution < 1.29 is 14.3 Å². The van der Waals surface area contributed by atoms with E-state index in [1.165, 1.54) is 4.68 Å². The normalized spacial score (nSPS) is 10.9. The summed E-state index contributed by atoms with van der Waals surface area (Å²) in [6.45, 7) is -0.169. The van der Waals surface area contributed by atoms with Crippen LogP contribution in [0, 0.1) is 0 Å². The highest BCUT2D eigenvalue weighted by atomic mass is 16.4. The van der Waals surface area contributed by atoms with Gasteiger partial charge in [0.15, 0.2) is 5.58 Å². The average Bonchev–Trinajstić information content (AvgIpc) is 2.92. The van der Waals surface area contributed by atoms with Crippen molar-refractivity contribution in [1.29, 1.82) is 0 Å². The molecular weight excluding hydrogens is 248 g/mol. The number of fused-ring (bicyclic) bond motifs is 1. The molecule has 2 aromatic heterocycles. The van der Waals surface area contributed by atoms with Gasteiger partial charge >= 0.3 is 5.97 Å². The van der Waals surface area contributed by atoms with Crippen molar-refractivity contribution in [2.45, 2.75) is 6.54 Å². The lowest BCUT2D eigenvalue weighted by atomic mass is 10.1. The summed E-state index contributed by atoms with van der Waals surface area (Å²) in [5.41, 5.74) is 8.20. The summed E-state index contributed by atoms with van der Waals surface area (Å²) in [5, 5.41) is 12.9. The van der Waals surface area contributed by atoms with E-state index in [0.29, 0.717) is 16.8 Å². The first-order valence-corrected chi connectivity index (χ1v) is 5.53. The number of aromatic nitrogens is 3. The molecule has 3 rings (SSSR count). The van der Waals surface area contributed by atoms with Crippen molar-refractivity contribution in [1.82, 2.24) is 14.8 Å². The van der Waals surface area contributed by atoms with Gasteiger partial charge in [0.25, 0.3) is 6.01 Å². The Morgan fingerprint density at radius 3 is 3.05 bits per heavy atom. The highest BCUT2D eigenvalue weighted by molar-refractivity contribution is 5.80. The first-order chi connectivity index (χ1) is 9.11. The Morgan fingerprint density at radius 1 is 1.42 bits per heavy atom. The number of rotatable bonds is 3. The quantitative estimate of drug-likeness (QED) is 0.734. The number of nitrogens with two attached hydrogens (primary N) is 1. The van der Waals surface area contributed by atoms with E-state index in [9.17, 15) is 4.79 Å². The first kappa shape index (κ1) is 11.3. The van der Waals surface area contributed by atoms with Crippen LogP contribution in [0.5, 0.6) is 0 Å². The van der Waals surface area contributed by atoms with Crippen LogP contribution in [0.2, 0.25) is 0 Å². The number of nitrogens with zero attached hydrogens (tertiary/aromatic N) is 3. The largest absolute Gasteiger partial charge is 0.480 e. The molecule has 0 amide bonds. The van der Waals surface area contributed by atoms with Crippen LogP contribution in [0.1, 0.15) is 0 Å². The Labute approximate surface area is 107 Å². The third-order valence-electron chi connectivity index (χ3n) is 2.64. The van der Waals surface area contributed by atoms with Crippen molar-refractivity contribution in [2.75, 3.05) is 5.73 Å². The Morgan fingerprint density at radius 2 is 2.26 bits per heavy atom. The summed E-state index contributed by atoms with van der Waals surface area (Å²) in [6, 6.07) is 7.23. The Kier molecular flexibility index (Phi) is 2.45. The van der Waals surface area contributed by atoms with Crippen molar-refractivity contribution in [3.05, 3.63) is 30.5 Å². The second-order valence-corrected chi connectivity index (χ2v) is 4.03. The molecule has 3 aromatic rings. The van der Waals surface area contributed by atoms with E-state index >= 15 is 0 Å². The minimum atomic E-state index is -0.937. The lowest BCUT2D eigenvalue weighted by Gasteiger charge is -1.97. The zero-order chi connectivity index (χ0) is 13.4. The van der Waals surface area contributed by atoms with Crippen LogP contribution in [-0.2, 0) is 11.3 Å². The molecule has 0 spiro atoms. The van der Waals surface area contributed by atoms with Crippen LogP contribution >= 0.6 is 0 Å². The van der Waals surface area contributed by atoms with E-state index in [4.69, 9.17) is 15.3 Å². The lowest BCUT2D eigenvalue weighted by molar-refractivity contribution is -0.137. The number of hydrogen-bond acceptors (Lipinski definition) is 5. The summed E-state index contributed by atoms with van der Waals surface area (Å²) in [6.07, 6.45) is 1.61. The van der Waals surface area contributed by atoms with Crippen LogP contribution in [0.3, 0.4) is 0 Å². The van der Waals surface area contributed by atoms with Crippen LogP contribution < -0.4 is 5.73 Å². The minimum absolute atomic E-state index is 0.114. The monoisotopic (exact) mass is 258 g/mol. The van der Waals surface area contributed by atoms with Crippen LogP contribution in [-0.4, -0.2) is 25.8 Å². The smallest absolute Gasteiger partial charge is 0.325 e. The van der Waals surface area contributed by atoms with Crippen molar-refractivity contribution in [3.63, 3.8) is 0 Å². The molecule has 96 valence electrons. The maximum atomic E-state index is 10.6. The summed E-state index contributed by atoms with van der Waals surface area (Å²) in [5.74, 6) is -0.937. The number of aliphatic carboxylic acids is 1. The molecule has 0 bridgehead atoms. The Balaban J connectivity index is 1.98. The van der Waals surface area contributed by atoms with E-state index in [-0.39, 0.29) is 12.6 Å². The third kappa shape index (κ3) is 2.13. The molecule has 0 saturated carbocycles. The van der Waals surface area contributed by atoms with Gasteiger partial charge in [0.1, 0.15) is 12.1 Å². The zero-order valence-electron chi connectivity index (χ0n) is 9.78. The summed E-state index contributed by atoms with van der Waals surface area (Å²) in [7, 11) is 0. The van der Waals surface area contributed by atoms with Gasteiger partial charge in [0.2, 0.25) is 0 Å². The van der Waals surface area contributed by atoms with Gasteiger partial charge in [-0.2, -0.15) is 10.1 Å². The molecule has 2 heterocycles. The fourth-order valence-electron chi connectivity index (χ4n) is 1.84. The number of hydrogen-bond donors (Lipinski definition) is 2. The predicted molar refractivity (Wildman–Crippen MR) is 67.3 cm³/mol. The molecule has 0 saturated heterocycles. The van der Waals surface area contributed by atoms with E-state index in [0.717, 1.165) is 5.56 Å². The van der Waals surface area contributed by atoms with Gasteiger partial charge in [-0.05, 0) is 18.2 Å². The Bertz CT molecular complexity index is 759. The minimum Gasteiger partial charge on any atom is -0.480 e. The zero-order valence-corrected chi connectivity index (χ0v) is 9.78. The molecular formula is C12H10N4O3. The van der Waals surface area contributed by atoms with E-state index in [1.807, 2.05) is 6.07 Å². The van der Waals surface area contributed by atoms with Crippen molar-refractivity contribution >= 4 is 23.1 Å². The summed E-state index contributed by atoms with van der Waals surface area (Å²) in [4.78, 5) is 14.6. The maximum absolute atomic E-state index is 10.6. The molecule has 7 nitrogen and oxygen atoms in total. The van der Waals surface area contributed by atoms with E-state index < -0.39 is 5.97 Å². The second kappa shape index (κ2) is 4.13. The van der Waals surface area contributed by atoms with Crippen molar-refractivity contribution in [2.24, 2.45) is 0 Å². The van der Waals surface area contributed by atoms with Gasteiger partial charge in [-0.25, -0.2) is 0 Å². The molecule has 0 aliphatic rings. The number of carbonyl (C=O) groups is 1. The fourth-order valence-corrected chi connectivity index (χ4v) is 1.84. The topological polar surface area (TPSA) is 107 Å². The Hall–Kier alpha value is -2.83.